The van der Waals surface area contributed by atoms with Crippen molar-refractivity contribution < 1.29 is 4.79 Å². The molecule has 5 nitrogen and oxygen atoms in total. The summed E-state index contributed by atoms with van der Waals surface area (Å²) in [5, 5.41) is 5.38. The largest absolute Gasteiger partial charge is 0.324 e. The van der Waals surface area contributed by atoms with Gasteiger partial charge in [0.15, 0.2) is 5.13 Å². The summed E-state index contributed by atoms with van der Waals surface area (Å²) in [5.41, 5.74) is 4.24. The number of benzene rings is 2. The van der Waals surface area contributed by atoms with Crippen LogP contribution in [0.3, 0.4) is 0 Å². The van der Waals surface area contributed by atoms with Gasteiger partial charge in [-0.05, 0) is 55.7 Å². The Bertz CT molecular complexity index is 1230. The Morgan fingerprint density at radius 2 is 1.93 bits per heavy atom. The summed E-state index contributed by atoms with van der Waals surface area (Å²) in [4.78, 5) is 23.9. The third-order valence-electron chi connectivity index (χ3n) is 5.14. The van der Waals surface area contributed by atoms with Crippen molar-refractivity contribution in [3.63, 3.8) is 0 Å². The second-order valence-corrected chi connectivity index (χ2v) is 9.55. The molecule has 1 aliphatic rings. The van der Waals surface area contributed by atoms with Gasteiger partial charge < -0.3 is 4.90 Å². The average Bonchev–Trinajstić information content (AvgIpc) is 3.23. The minimum Gasteiger partial charge on any atom is -0.317 e. The quantitative estimate of drug-likeness (QED) is 0.403. The van der Waals surface area contributed by atoms with Gasteiger partial charge in [-0.15, -0.1) is 11.3 Å². The van der Waals surface area contributed by atoms with E-state index in [0.717, 1.165) is 42.4 Å². The molecule has 142 valence electrons. The molecule has 1 N–H and O–H groups in total. The Hall–Kier alpha value is -2.22. The van der Waals surface area contributed by atoms with Crippen LogP contribution < -0.4 is 5.32 Å². The average molecular weight is 429 g/mol. The molecule has 4 aromatic rings. The molecule has 2 aromatic heterocycles. The molecule has 1 unspecified atom stereocenters. The van der Waals surface area contributed by atoms with Crippen molar-refractivity contribution in [3.8, 4) is 0 Å². The number of urea groups is 1. The molecular formula is C20H17ClN4OS2. The van der Waals surface area contributed by atoms with E-state index in [1.165, 1.54) is 16.9 Å². The third-order valence-corrected chi connectivity index (χ3v) is 7.51. The van der Waals surface area contributed by atoms with Gasteiger partial charge in [-0.25, -0.2) is 14.8 Å². The smallest absolute Gasteiger partial charge is 0.317 e. The van der Waals surface area contributed by atoms with E-state index in [1.54, 1.807) is 11.3 Å². The number of nitrogens with zero attached hydrogens (tertiary/aromatic N) is 3. The lowest BCUT2D eigenvalue weighted by Crippen LogP contribution is -2.41. The molecule has 2 amide bonds. The second-order valence-electron chi connectivity index (χ2n) is 6.91. The maximum atomic E-state index is 12.9. The number of anilines is 1. The molecule has 0 spiro atoms. The van der Waals surface area contributed by atoms with Gasteiger partial charge in [0.2, 0.25) is 0 Å². The van der Waals surface area contributed by atoms with Crippen molar-refractivity contribution in [2.45, 2.75) is 26.3 Å². The van der Waals surface area contributed by atoms with Gasteiger partial charge in [0.25, 0.3) is 0 Å². The highest BCUT2D eigenvalue weighted by Gasteiger charge is 2.28. The number of hydrogen-bond acceptors (Lipinski definition) is 5. The van der Waals surface area contributed by atoms with Crippen molar-refractivity contribution in [2.75, 3.05) is 11.9 Å². The van der Waals surface area contributed by atoms with Crippen molar-refractivity contribution >= 4 is 65.9 Å². The number of nitrogens with one attached hydrogen (secondary N) is 1. The highest BCUT2D eigenvalue weighted by molar-refractivity contribution is 7.28. The summed E-state index contributed by atoms with van der Waals surface area (Å²) in [6.07, 6.45) is 0.800. The lowest BCUT2D eigenvalue weighted by Gasteiger charge is -2.35. The predicted molar refractivity (Wildman–Crippen MR) is 117 cm³/mol. The van der Waals surface area contributed by atoms with E-state index in [1.807, 2.05) is 49.1 Å². The number of amides is 2. The summed E-state index contributed by atoms with van der Waals surface area (Å²) >= 11 is 9.27. The molecule has 2 aromatic carbocycles. The molecule has 5 rings (SSSR count). The first-order valence-corrected chi connectivity index (χ1v) is 11.0. The van der Waals surface area contributed by atoms with Gasteiger partial charge in [-0.3, -0.25) is 5.32 Å². The van der Waals surface area contributed by atoms with Crippen LogP contribution in [0, 0.1) is 6.92 Å². The number of fused-ring (bicyclic) bond motifs is 4. The fourth-order valence-corrected chi connectivity index (χ4v) is 5.97. The van der Waals surface area contributed by atoms with Gasteiger partial charge in [0.1, 0.15) is 0 Å². The van der Waals surface area contributed by atoms with E-state index in [2.05, 4.69) is 15.3 Å². The Morgan fingerprint density at radius 1 is 1.18 bits per heavy atom. The van der Waals surface area contributed by atoms with E-state index in [-0.39, 0.29) is 12.1 Å². The van der Waals surface area contributed by atoms with Crippen LogP contribution in [0.15, 0.2) is 30.3 Å². The molecule has 0 fully saturated rings. The SMILES string of the molecule is Cc1nc2ccc3nc(NC(=O)N4CCc5cc(Cl)ccc5C4C)sc3c2s1. The Kier molecular flexibility index (Phi) is 4.26. The molecule has 0 bridgehead atoms. The zero-order valence-electron chi connectivity index (χ0n) is 15.3. The number of aromatic nitrogens is 2. The third kappa shape index (κ3) is 2.94. The minimum atomic E-state index is -0.121. The summed E-state index contributed by atoms with van der Waals surface area (Å²) < 4.78 is 2.20. The maximum Gasteiger partial charge on any atom is 0.324 e. The van der Waals surface area contributed by atoms with Crippen LogP contribution in [0.2, 0.25) is 5.02 Å². The van der Waals surface area contributed by atoms with Crippen LogP contribution in [0.25, 0.3) is 20.4 Å². The van der Waals surface area contributed by atoms with Gasteiger partial charge in [0.05, 0.1) is 31.5 Å². The number of rotatable bonds is 1. The van der Waals surface area contributed by atoms with E-state index in [9.17, 15) is 4.79 Å². The first-order chi connectivity index (χ1) is 13.5. The summed E-state index contributed by atoms with van der Waals surface area (Å²) in [6, 6.07) is 9.72. The van der Waals surface area contributed by atoms with Crippen molar-refractivity contribution in [2.24, 2.45) is 0 Å². The molecule has 0 saturated heterocycles. The van der Waals surface area contributed by atoms with Crippen molar-refractivity contribution in [3.05, 3.63) is 51.5 Å². The standard InChI is InChI=1S/C20H17ClN4OS2/c1-10-14-4-3-13(21)9-12(14)7-8-25(10)20(26)24-19-23-16-6-5-15-17(18(16)28-19)27-11(2)22-15/h3-6,9-10H,7-8H2,1-2H3,(H,23,24,26). The molecule has 0 aliphatic carbocycles. The van der Waals surface area contributed by atoms with Crippen LogP contribution in [0.4, 0.5) is 9.93 Å². The first kappa shape index (κ1) is 17.8. The first-order valence-electron chi connectivity index (χ1n) is 9.02. The van der Waals surface area contributed by atoms with E-state index in [4.69, 9.17) is 11.6 Å². The van der Waals surface area contributed by atoms with Gasteiger partial charge >= 0.3 is 6.03 Å². The molecule has 8 heteroatoms. The number of aryl methyl sites for hydroxylation is 1. The van der Waals surface area contributed by atoms with Crippen LogP contribution >= 0.6 is 34.3 Å². The molecule has 3 heterocycles. The summed E-state index contributed by atoms with van der Waals surface area (Å²) in [7, 11) is 0. The van der Waals surface area contributed by atoms with Crippen LogP contribution in [0.1, 0.15) is 29.1 Å². The summed E-state index contributed by atoms with van der Waals surface area (Å²) in [5.74, 6) is 0. The normalized spacial score (nSPS) is 16.5. The maximum absolute atomic E-state index is 12.9. The fourth-order valence-electron chi connectivity index (χ4n) is 3.78. The number of carbonyl (C=O) groups excluding carboxylic acids is 1. The zero-order valence-corrected chi connectivity index (χ0v) is 17.7. The van der Waals surface area contributed by atoms with Crippen LogP contribution in [-0.4, -0.2) is 27.4 Å². The topological polar surface area (TPSA) is 58.1 Å². The highest BCUT2D eigenvalue weighted by Crippen LogP contribution is 2.36. The van der Waals surface area contributed by atoms with Crippen molar-refractivity contribution in [1.29, 1.82) is 0 Å². The lowest BCUT2D eigenvalue weighted by molar-refractivity contribution is 0.188. The number of halogens is 1. The Morgan fingerprint density at radius 3 is 2.75 bits per heavy atom. The van der Waals surface area contributed by atoms with E-state index >= 15 is 0 Å². The molecule has 1 atom stereocenters. The molecule has 28 heavy (non-hydrogen) atoms. The van der Waals surface area contributed by atoms with Crippen molar-refractivity contribution in [1.82, 2.24) is 14.9 Å². The van der Waals surface area contributed by atoms with Gasteiger partial charge in [-0.2, -0.15) is 0 Å². The number of thiazole rings is 2. The van der Waals surface area contributed by atoms with E-state index in [0.29, 0.717) is 11.7 Å². The number of carbonyl (C=O) groups is 1. The zero-order chi connectivity index (χ0) is 19.4. The lowest BCUT2D eigenvalue weighted by atomic mass is 9.94. The monoisotopic (exact) mass is 428 g/mol. The Balaban J connectivity index is 1.42. The van der Waals surface area contributed by atoms with E-state index < -0.39 is 0 Å². The highest BCUT2D eigenvalue weighted by atomic mass is 35.5. The fraction of sp³-hybridized carbons (Fsp3) is 0.250. The van der Waals surface area contributed by atoms with Gasteiger partial charge in [0, 0.05) is 11.6 Å². The van der Waals surface area contributed by atoms with Crippen LogP contribution in [0.5, 0.6) is 0 Å². The van der Waals surface area contributed by atoms with Crippen LogP contribution in [-0.2, 0) is 6.42 Å². The van der Waals surface area contributed by atoms with Gasteiger partial charge in [-0.1, -0.05) is 29.0 Å². The molecule has 1 aliphatic heterocycles. The predicted octanol–water partition coefficient (Wildman–Crippen LogP) is 6.02. The molecule has 0 saturated carbocycles. The second kappa shape index (κ2) is 6.69. The molecular weight excluding hydrogens is 412 g/mol. The molecule has 0 radical (unpaired) electrons. The number of hydrogen-bond donors (Lipinski definition) is 1. The Labute approximate surface area is 175 Å². The minimum absolute atomic E-state index is 0.00810. The summed E-state index contributed by atoms with van der Waals surface area (Å²) in [6.45, 7) is 4.71.